The minimum atomic E-state index is -0.0629. The molecule has 2 aromatic rings. The molecule has 0 saturated carbocycles. The summed E-state index contributed by atoms with van der Waals surface area (Å²) in [5.41, 5.74) is 1.90. The third kappa shape index (κ3) is 6.42. The van der Waals surface area contributed by atoms with Gasteiger partial charge in [0.2, 0.25) is 5.91 Å². The van der Waals surface area contributed by atoms with Crippen LogP contribution in [0.25, 0.3) is 0 Å². The molecule has 0 radical (unpaired) electrons. The summed E-state index contributed by atoms with van der Waals surface area (Å²) in [5, 5.41) is 5.98. The summed E-state index contributed by atoms with van der Waals surface area (Å²) >= 11 is 3.36. The highest BCUT2D eigenvalue weighted by molar-refractivity contribution is 9.10. The van der Waals surface area contributed by atoms with E-state index in [9.17, 15) is 4.79 Å². The van der Waals surface area contributed by atoms with Crippen molar-refractivity contribution in [1.82, 2.24) is 5.32 Å². The standard InChI is InChI=1S/C18H21BrN2O2/c1-13(2)23-17-9-3-14(4-10-17)11-20-12-18(22)21-16-7-5-15(19)6-8-16/h3-10,13,20H,11-12H2,1-2H3,(H,21,22). The molecule has 4 nitrogen and oxygen atoms in total. The van der Waals surface area contributed by atoms with Crippen molar-refractivity contribution >= 4 is 27.5 Å². The van der Waals surface area contributed by atoms with E-state index in [-0.39, 0.29) is 18.6 Å². The Balaban J connectivity index is 1.73. The fourth-order valence-corrected chi connectivity index (χ4v) is 2.28. The minimum absolute atomic E-state index is 0.0629. The molecule has 0 aliphatic carbocycles. The van der Waals surface area contributed by atoms with Crippen LogP contribution < -0.4 is 15.4 Å². The molecule has 2 N–H and O–H groups in total. The fourth-order valence-electron chi connectivity index (χ4n) is 2.02. The van der Waals surface area contributed by atoms with Gasteiger partial charge in [-0.3, -0.25) is 4.79 Å². The first-order valence-electron chi connectivity index (χ1n) is 7.54. The van der Waals surface area contributed by atoms with E-state index in [1.807, 2.05) is 62.4 Å². The van der Waals surface area contributed by atoms with Gasteiger partial charge in [-0.05, 0) is 55.8 Å². The predicted octanol–water partition coefficient (Wildman–Crippen LogP) is 3.96. The number of rotatable bonds is 7. The van der Waals surface area contributed by atoms with Gasteiger partial charge >= 0.3 is 0 Å². The van der Waals surface area contributed by atoms with Crippen LogP contribution in [0.3, 0.4) is 0 Å². The highest BCUT2D eigenvalue weighted by atomic mass is 79.9. The molecule has 1 amide bonds. The van der Waals surface area contributed by atoms with Gasteiger partial charge in [-0.2, -0.15) is 0 Å². The molecule has 0 aliphatic heterocycles. The van der Waals surface area contributed by atoms with E-state index in [2.05, 4.69) is 26.6 Å². The van der Waals surface area contributed by atoms with Crippen molar-refractivity contribution in [3.05, 3.63) is 58.6 Å². The van der Waals surface area contributed by atoms with Crippen LogP contribution in [0.15, 0.2) is 53.0 Å². The molecule has 5 heteroatoms. The second-order valence-electron chi connectivity index (χ2n) is 5.47. The Morgan fingerprint density at radius 3 is 2.35 bits per heavy atom. The molecule has 2 rings (SSSR count). The van der Waals surface area contributed by atoms with Gasteiger partial charge in [0.05, 0.1) is 12.6 Å². The Morgan fingerprint density at radius 1 is 1.09 bits per heavy atom. The SMILES string of the molecule is CC(C)Oc1ccc(CNCC(=O)Nc2ccc(Br)cc2)cc1. The molecule has 0 aromatic heterocycles. The molecular weight excluding hydrogens is 356 g/mol. The van der Waals surface area contributed by atoms with Gasteiger partial charge in [0.1, 0.15) is 5.75 Å². The summed E-state index contributed by atoms with van der Waals surface area (Å²) in [5.74, 6) is 0.795. The number of amides is 1. The molecule has 0 atom stereocenters. The van der Waals surface area contributed by atoms with E-state index in [4.69, 9.17) is 4.74 Å². The number of carbonyl (C=O) groups excluding carboxylic acids is 1. The van der Waals surface area contributed by atoms with Crippen LogP contribution in [0.1, 0.15) is 19.4 Å². The normalized spacial score (nSPS) is 10.6. The molecule has 0 bridgehead atoms. The number of hydrogen-bond donors (Lipinski definition) is 2. The average Bonchev–Trinajstić information content (AvgIpc) is 2.51. The van der Waals surface area contributed by atoms with Crippen molar-refractivity contribution in [2.45, 2.75) is 26.5 Å². The monoisotopic (exact) mass is 376 g/mol. The summed E-state index contributed by atoms with van der Waals surface area (Å²) in [7, 11) is 0. The second kappa shape index (κ2) is 8.70. The quantitative estimate of drug-likeness (QED) is 0.768. The third-order valence-corrected chi connectivity index (χ3v) is 3.57. The van der Waals surface area contributed by atoms with E-state index in [0.29, 0.717) is 6.54 Å². The zero-order valence-electron chi connectivity index (χ0n) is 13.3. The Hall–Kier alpha value is -1.85. The van der Waals surface area contributed by atoms with Crippen molar-refractivity contribution in [3.63, 3.8) is 0 Å². The molecule has 0 fully saturated rings. The van der Waals surface area contributed by atoms with Gasteiger partial charge < -0.3 is 15.4 Å². The maximum Gasteiger partial charge on any atom is 0.238 e. The highest BCUT2D eigenvalue weighted by Crippen LogP contribution is 2.14. The van der Waals surface area contributed by atoms with Crippen molar-refractivity contribution in [3.8, 4) is 5.75 Å². The molecule has 0 unspecified atom stereocenters. The summed E-state index contributed by atoms with van der Waals surface area (Å²) in [6, 6.07) is 15.4. The third-order valence-electron chi connectivity index (χ3n) is 3.04. The Labute approximate surface area is 145 Å². The van der Waals surface area contributed by atoms with E-state index in [0.717, 1.165) is 21.5 Å². The lowest BCUT2D eigenvalue weighted by Crippen LogP contribution is -2.27. The van der Waals surface area contributed by atoms with Gasteiger partial charge in [0.15, 0.2) is 0 Å². The number of ether oxygens (including phenoxy) is 1. The van der Waals surface area contributed by atoms with Gasteiger partial charge in [-0.1, -0.05) is 28.1 Å². The number of benzene rings is 2. The molecule has 0 spiro atoms. The number of hydrogen-bond acceptors (Lipinski definition) is 3. The van der Waals surface area contributed by atoms with E-state index in [1.165, 1.54) is 0 Å². The summed E-state index contributed by atoms with van der Waals surface area (Å²) < 4.78 is 6.58. The molecule has 0 saturated heterocycles. The maximum absolute atomic E-state index is 11.9. The van der Waals surface area contributed by atoms with Crippen LogP contribution in [0.4, 0.5) is 5.69 Å². The average molecular weight is 377 g/mol. The molecule has 23 heavy (non-hydrogen) atoms. The first kappa shape index (κ1) is 17.5. The maximum atomic E-state index is 11.9. The Kier molecular flexibility index (Phi) is 6.62. The largest absolute Gasteiger partial charge is 0.491 e. The lowest BCUT2D eigenvalue weighted by Gasteiger charge is -2.10. The van der Waals surface area contributed by atoms with Crippen molar-refractivity contribution in [2.75, 3.05) is 11.9 Å². The molecular formula is C18H21BrN2O2. The van der Waals surface area contributed by atoms with Crippen LogP contribution in [0.2, 0.25) is 0 Å². The van der Waals surface area contributed by atoms with Crippen molar-refractivity contribution < 1.29 is 9.53 Å². The lowest BCUT2D eigenvalue weighted by atomic mass is 10.2. The van der Waals surface area contributed by atoms with E-state index >= 15 is 0 Å². The van der Waals surface area contributed by atoms with Crippen LogP contribution in [-0.2, 0) is 11.3 Å². The van der Waals surface area contributed by atoms with Crippen molar-refractivity contribution in [1.29, 1.82) is 0 Å². The number of halogens is 1. The summed E-state index contributed by atoms with van der Waals surface area (Å²) in [4.78, 5) is 11.9. The van der Waals surface area contributed by atoms with Crippen molar-refractivity contribution in [2.24, 2.45) is 0 Å². The van der Waals surface area contributed by atoms with Crippen LogP contribution >= 0.6 is 15.9 Å². The zero-order chi connectivity index (χ0) is 16.7. The minimum Gasteiger partial charge on any atom is -0.491 e. The van der Waals surface area contributed by atoms with Gasteiger partial charge in [0.25, 0.3) is 0 Å². The lowest BCUT2D eigenvalue weighted by molar-refractivity contribution is -0.115. The smallest absolute Gasteiger partial charge is 0.238 e. The summed E-state index contributed by atoms with van der Waals surface area (Å²) in [6.45, 7) is 4.90. The van der Waals surface area contributed by atoms with Crippen LogP contribution in [0.5, 0.6) is 5.75 Å². The first-order valence-corrected chi connectivity index (χ1v) is 8.34. The van der Waals surface area contributed by atoms with Crippen LogP contribution in [0, 0.1) is 0 Å². The number of anilines is 1. The van der Waals surface area contributed by atoms with Gasteiger partial charge in [-0.15, -0.1) is 0 Å². The topological polar surface area (TPSA) is 50.4 Å². The Bertz CT molecular complexity index is 624. The molecule has 122 valence electrons. The zero-order valence-corrected chi connectivity index (χ0v) is 14.9. The number of carbonyl (C=O) groups is 1. The first-order chi connectivity index (χ1) is 11.0. The van der Waals surface area contributed by atoms with E-state index in [1.54, 1.807) is 0 Å². The predicted molar refractivity (Wildman–Crippen MR) is 96.7 cm³/mol. The van der Waals surface area contributed by atoms with Gasteiger partial charge in [0, 0.05) is 16.7 Å². The fraction of sp³-hybridized carbons (Fsp3) is 0.278. The second-order valence-corrected chi connectivity index (χ2v) is 6.38. The van der Waals surface area contributed by atoms with E-state index < -0.39 is 0 Å². The Morgan fingerprint density at radius 2 is 1.74 bits per heavy atom. The summed E-state index contributed by atoms with van der Waals surface area (Å²) in [6.07, 6.45) is 0.168. The highest BCUT2D eigenvalue weighted by Gasteiger charge is 2.03. The molecule has 0 heterocycles. The number of nitrogens with one attached hydrogen (secondary N) is 2. The molecule has 2 aromatic carbocycles. The molecule has 0 aliphatic rings. The van der Waals surface area contributed by atoms with Gasteiger partial charge in [-0.25, -0.2) is 0 Å². The van der Waals surface area contributed by atoms with Crippen LogP contribution in [-0.4, -0.2) is 18.6 Å².